The van der Waals surface area contributed by atoms with Gasteiger partial charge in [-0.15, -0.1) is 0 Å². The van der Waals surface area contributed by atoms with Gasteiger partial charge in [-0.25, -0.2) is 4.79 Å². The van der Waals surface area contributed by atoms with Crippen LogP contribution < -0.4 is 54.0 Å². The van der Waals surface area contributed by atoms with Crippen LogP contribution in [0.3, 0.4) is 0 Å². The maximum atomic E-state index is 13.9. The van der Waals surface area contributed by atoms with Crippen molar-refractivity contribution < 1.29 is 73.2 Å². The summed E-state index contributed by atoms with van der Waals surface area (Å²) in [6.07, 6.45) is 1.46. The molecule has 0 radical (unpaired) electrons. The maximum Gasteiger partial charge on any atom is 0.326 e. The van der Waals surface area contributed by atoms with E-state index >= 15 is 0 Å². The molecule has 0 aliphatic carbocycles. The Bertz CT molecular complexity index is 1730. The van der Waals surface area contributed by atoms with Crippen LogP contribution in [0.1, 0.15) is 72.6 Å². The largest absolute Gasteiger partial charge is 0.481 e. The van der Waals surface area contributed by atoms with E-state index in [1.54, 1.807) is 32.6 Å². The molecule has 0 rings (SSSR count). The lowest BCUT2D eigenvalue weighted by molar-refractivity contribution is -0.142. The Morgan fingerprint density at radius 1 is 0.500 bits per heavy atom. The molecule has 0 saturated carbocycles. The van der Waals surface area contributed by atoms with Gasteiger partial charge in [0, 0.05) is 6.42 Å². The van der Waals surface area contributed by atoms with Gasteiger partial charge in [-0.05, 0) is 87.9 Å². The molecule has 0 aliphatic rings. The number of hydrogen-bond donors (Lipinski definition) is 14. The van der Waals surface area contributed by atoms with Gasteiger partial charge in [-0.1, -0.05) is 13.8 Å². The zero-order chi connectivity index (χ0) is 52.3. The maximum absolute atomic E-state index is 13.9. The summed E-state index contributed by atoms with van der Waals surface area (Å²) in [6, 6.07) is -13.3. The van der Waals surface area contributed by atoms with Crippen LogP contribution in [-0.2, 0) is 52.7 Å². The molecule has 0 spiro atoms. The first-order valence-corrected chi connectivity index (χ1v) is 25.7. The number of amides is 9. The minimum atomic E-state index is -1.83. The van der Waals surface area contributed by atoms with Crippen molar-refractivity contribution in [3.05, 3.63) is 0 Å². The predicted molar refractivity (Wildman–Crippen MR) is 255 cm³/mol. The summed E-state index contributed by atoms with van der Waals surface area (Å²) in [6.45, 7) is 5.07. The van der Waals surface area contributed by atoms with Gasteiger partial charge in [0.05, 0.1) is 25.2 Å². The summed E-state index contributed by atoms with van der Waals surface area (Å²) in [5, 5.41) is 58.3. The Morgan fingerprint density at radius 3 is 1.26 bits per heavy atom. The van der Waals surface area contributed by atoms with E-state index in [0.29, 0.717) is 11.5 Å². The summed E-state index contributed by atoms with van der Waals surface area (Å²) in [4.78, 5) is 143. The van der Waals surface area contributed by atoms with Gasteiger partial charge in [0.25, 0.3) is 0 Å². The topological polar surface area (TPSA) is 417 Å². The number of aliphatic hydroxyl groups is 2. The Morgan fingerprint density at radius 2 is 0.868 bits per heavy atom. The zero-order valence-corrected chi connectivity index (χ0v) is 41.7. The quantitative estimate of drug-likeness (QED) is 0.0286. The van der Waals surface area contributed by atoms with Gasteiger partial charge in [0.2, 0.25) is 53.2 Å². The second-order valence-electron chi connectivity index (χ2n) is 16.0. The third kappa shape index (κ3) is 24.9. The van der Waals surface area contributed by atoms with Gasteiger partial charge in [-0.2, -0.15) is 35.3 Å². The van der Waals surface area contributed by atoms with Crippen LogP contribution in [0.5, 0.6) is 0 Å². The van der Waals surface area contributed by atoms with E-state index in [-0.39, 0.29) is 37.4 Å². The number of aliphatic hydroxyl groups excluding tert-OH is 2. The van der Waals surface area contributed by atoms with Crippen LogP contribution in [-0.4, -0.2) is 189 Å². The number of nitrogens with one attached hydrogen (secondary N) is 8. The van der Waals surface area contributed by atoms with Crippen LogP contribution in [0.25, 0.3) is 0 Å². The van der Waals surface area contributed by atoms with Crippen molar-refractivity contribution in [2.24, 2.45) is 17.4 Å². The molecule has 0 bridgehead atoms. The van der Waals surface area contributed by atoms with Crippen LogP contribution in [0.2, 0.25) is 0 Å². The molecule has 0 aromatic rings. The van der Waals surface area contributed by atoms with Crippen molar-refractivity contribution in [3.63, 3.8) is 0 Å². The molecule has 0 aromatic carbocycles. The molecule has 0 saturated heterocycles. The van der Waals surface area contributed by atoms with Crippen molar-refractivity contribution >= 4 is 100 Å². The number of hydrogen-bond acceptors (Lipinski definition) is 17. The Balaban J connectivity index is 6.55. The standard InChI is InChI=1S/C40H70N10O15S3/c1-19(2)16-26(36(60)46-25(40(64)65)12-15-68-7)47-33(57)22(8-9-30(54)55)43-34(58)23(10-13-66-5)44-37(61)27(17-29(42)53)48-39(63)31(21(4)52)50-35(59)24(11-14-67-6)45-38(62)28(18-51)49-32(56)20(3)41/h19-28,31,51-52H,8-18,41H2,1-7H3,(H2,42,53)(H,43,58)(H,44,61)(H,45,62)(H,46,60)(H,47,57)(H,48,63)(H,49,56)(H,50,59)(H,54,55)(H,64,65)/t20-,21+,22-,23-,24-,25-,26-,27-,28-,31-/m0/s1. The SMILES string of the molecule is CSCC[C@H](NC(=O)[C@H](CC(C)C)NC(=O)[C@H](CCC(=O)O)NC(=O)[C@H](CCSC)NC(=O)[C@H](CC(N)=O)NC(=O)[C@@H](NC(=O)[C@H](CCSC)NC(=O)[C@H](CO)NC(=O)[C@H](C)N)[C@@H](C)O)C(=O)O. The van der Waals surface area contributed by atoms with Gasteiger partial charge in [-0.3, -0.25) is 47.9 Å². The number of carbonyl (C=O) groups is 11. The van der Waals surface area contributed by atoms with Gasteiger partial charge in [0.1, 0.15) is 48.3 Å². The number of nitrogens with two attached hydrogens (primary N) is 2. The highest BCUT2D eigenvalue weighted by atomic mass is 32.2. The summed E-state index contributed by atoms with van der Waals surface area (Å²) >= 11 is 3.90. The lowest BCUT2D eigenvalue weighted by Gasteiger charge is -2.28. The average molecular weight is 1030 g/mol. The second kappa shape index (κ2) is 33.6. The summed E-state index contributed by atoms with van der Waals surface area (Å²) in [5.74, 6) is -11.0. The monoisotopic (exact) mass is 1030 g/mol. The summed E-state index contributed by atoms with van der Waals surface area (Å²) < 4.78 is 0. The number of primary amides is 1. The highest BCUT2D eigenvalue weighted by Gasteiger charge is 2.36. The van der Waals surface area contributed by atoms with E-state index in [4.69, 9.17) is 11.5 Å². The van der Waals surface area contributed by atoms with Crippen LogP contribution in [0.15, 0.2) is 0 Å². The predicted octanol–water partition coefficient (Wildman–Crippen LogP) is -4.28. The van der Waals surface area contributed by atoms with Gasteiger partial charge >= 0.3 is 11.9 Å². The molecular formula is C40H70N10O15S3. The number of carbonyl (C=O) groups excluding carboxylic acids is 9. The van der Waals surface area contributed by atoms with E-state index in [1.165, 1.54) is 42.2 Å². The van der Waals surface area contributed by atoms with E-state index in [2.05, 4.69) is 42.5 Å². The zero-order valence-electron chi connectivity index (χ0n) is 39.3. The van der Waals surface area contributed by atoms with Crippen LogP contribution in [0, 0.1) is 5.92 Å². The molecule has 9 amide bonds. The first-order chi connectivity index (χ1) is 31.8. The van der Waals surface area contributed by atoms with E-state index in [0.717, 1.165) is 6.92 Å². The van der Waals surface area contributed by atoms with Crippen molar-refractivity contribution in [1.82, 2.24) is 42.5 Å². The summed E-state index contributed by atoms with van der Waals surface area (Å²) in [7, 11) is 0. The second-order valence-corrected chi connectivity index (χ2v) is 19.0. The number of thioether (sulfide) groups is 3. The smallest absolute Gasteiger partial charge is 0.326 e. The fourth-order valence-corrected chi connectivity index (χ4v) is 7.35. The van der Waals surface area contributed by atoms with Gasteiger partial charge in [0.15, 0.2) is 0 Å². The number of aliphatic carboxylic acids is 2. The third-order valence-electron chi connectivity index (χ3n) is 9.66. The minimum Gasteiger partial charge on any atom is -0.481 e. The molecule has 0 heterocycles. The first-order valence-electron chi connectivity index (χ1n) is 21.5. The molecule has 28 heteroatoms. The normalized spacial score (nSPS) is 15.5. The molecule has 16 N–H and O–H groups in total. The highest BCUT2D eigenvalue weighted by molar-refractivity contribution is 7.98. The summed E-state index contributed by atoms with van der Waals surface area (Å²) in [5.41, 5.74) is 10.9. The van der Waals surface area contributed by atoms with Gasteiger partial charge < -0.3 is 74.4 Å². The molecule has 0 aromatic heterocycles. The fraction of sp³-hybridized carbons (Fsp3) is 0.725. The molecular weight excluding hydrogens is 957 g/mol. The van der Waals surface area contributed by atoms with E-state index < -0.39 is 151 Å². The molecule has 25 nitrogen and oxygen atoms in total. The van der Waals surface area contributed by atoms with Crippen molar-refractivity contribution in [2.45, 2.75) is 133 Å². The number of carboxylic acids is 2. The number of rotatable bonds is 35. The van der Waals surface area contributed by atoms with E-state index in [1.807, 2.05) is 0 Å². The van der Waals surface area contributed by atoms with Crippen LogP contribution >= 0.6 is 35.3 Å². The molecule has 388 valence electrons. The Kier molecular flexibility index (Phi) is 31.2. The van der Waals surface area contributed by atoms with Crippen LogP contribution in [0.4, 0.5) is 0 Å². The Labute approximate surface area is 407 Å². The third-order valence-corrected chi connectivity index (χ3v) is 11.6. The fourth-order valence-electron chi connectivity index (χ4n) is 5.93. The highest BCUT2D eigenvalue weighted by Crippen LogP contribution is 2.11. The molecule has 0 aliphatic heterocycles. The van der Waals surface area contributed by atoms with Crippen molar-refractivity contribution in [1.29, 1.82) is 0 Å². The minimum absolute atomic E-state index is 0.0289. The van der Waals surface area contributed by atoms with E-state index in [9.17, 15) is 73.2 Å². The molecule has 0 fully saturated rings. The number of carboxylic acid groups (broad SMARTS) is 2. The molecule has 68 heavy (non-hydrogen) atoms. The lowest BCUT2D eigenvalue weighted by atomic mass is 10.0. The van der Waals surface area contributed by atoms with Crippen molar-refractivity contribution in [2.75, 3.05) is 42.6 Å². The first kappa shape index (κ1) is 63.1. The molecule has 10 atom stereocenters. The lowest BCUT2D eigenvalue weighted by Crippen LogP contribution is -2.62. The average Bonchev–Trinajstić information content (AvgIpc) is 3.25. The molecule has 0 unspecified atom stereocenters. The van der Waals surface area contributed by atoms with Crippen molar-refractivity contribution in [3.8, 4) is 0 Å². The Hall–Kier alpha value is -4.90.